The van der Waals surface area contributed by atoms with Gasteiger partial charge < -0.3 is 9.64 Å². The Balaban J connectivity index is 2.04. The average Bonchev–Trinajstić information content (AvgIpc) is 2.37. The molecule has 2 nitrogen and oxygen atoms in total. The van der Waals surface area contributed by atoms with E-state index < -0.39 is 0 Å². The zero-order chi connectivity index (χ0) is 13.0. The van der Waals surface area contributed by atoms with E-state index in [9.17, 15) is 0 Å². The van der Waals surface area contributed by atoms with Crippen molar-refractivity contribution in [2.24, 2.45) is 0 Å². The number of rotatable bonds is 4. The van der Waals surface area contributed by atoms with Crippen LogP contribution in [0.1, 0.15) is 11.1 Å². The predicted octanol–water partition coefficient (Wildman–Crippen LogP) is 3.64. The van der Waals surface area contributed by atoms with Gasteiger partial charge >= 0.3 is 0 Å². The topological polar surface area (TPSA) is 12.5 Å². The van der Waals surface area contributed by atoms with Crippen LogP contribution in [0.15, 0.2) is 48.5 Å². The fraction of sp³-hybridized carbons (Fsp3) is 0.250. The third-order valence-corrected chi connectivity index (χ3v) is 2.82. The molecule has 2 aromatic rings. The summed E-state index contributed by atoms with van der Waals surface area (Å²) in [6.45, 7) is 2.67. The molecule has 2 heteroatoms. The molecule has 2 aromatic carbocycles. The summed E-state index contributed by atoms with van der Waals surface area (Å²) < 4.78 is 5.79. The largest absolute Gasteiger partial charge is 0.489 e. The molecule has 0 saturated heterocycles. The van der Waals surface area contributed by atoms with Gasteiger partial charge in [0.05, 0.1) is 0 Å². The maximum absolute atomic E-state index is 5.79. The smallest absolute Gasteiger partial charge is 0.120 e. The van der Waals surface area contributed by atoms with E-state index in [4.69, 9.17) is 4.74 Å². The highest BCUT2D eigenvalue weighted by Crippen LogP contribution is 2.17. The molecule has 0 radical (unpaired) electrons. The van der Waals surface area contributed by atoms with Crippen LogP contribution < -0.4 is 9.64 Å². The second-order valence-corrected chi connectivity index (χ2v) is 4.67. The second kappa shape index (κ2) is 5.58. The molecule has 94 valence electrons. The van der Waals surface area contributed by atoms with Crippen LogP contribution in [0.4, 0.5) is 5.69 Å². The van der Waals surface area contributed by atoms with Gasteiger partial charge in [-0.05, 0) is 42.3 Å². The molecule has 18 heavy (non-hydrogen) atoms. The van der Waals surface area contributed by atoms with E-state index in [1.807, 2.05) is 26.2 Å². The fourth-order valence-corrected chi connectivity index (χ4v) is 1.80. The Morgan fingerprint density at radius 3 is 2.50 bits per heavy atom. The monoisotopic (exact) mass is 241 g/mol. The Kier molecular flexibility index (Phi) is 3.88. The maximum Gasteiger partial charge on any atom is 0.120 e. The molecular formula is C16H19NO. The Hall–Kier alpha value is -1.96. The van der Waals surface area contributed by atoms with Gasteiger partial charge in [-0.2, -0.15) is 0 Å². The summed E-state index contributed by atoms with van der Waals surface area (Å²) in [7, 11) is 4.08. The van der Waals surface area contributed by atoms with Crippen LogP contribution in [0, 0.1) is 6.92 Å². The van der Waals surface area contributed by atoms with E-state index in [2.05, 4.69) is 48.2 Å². The van der Waals surface area contributed by atoms with Crippen molar-refractivity contribution in [2.75, 3.05) is 19.0 Å². The highest BCUT2D eigenvalue weighted by atomic mass is 16.5. The van der Waals surface area contributed by atoms with Gasteiger partial charge in [0.25, 0.3) is 0 Å². The highest BCUT2D eigenvalue weighted by molar-refractivity contribution is 5.47. The van der Waals surface area contributed by atoms with Crippen LogP contribution in [0.2, 0.25) is 0 Å². The van der Waals surface area contributed by atoms with Crippen molar-refractivity contribution >= 4 is 5.69 Å². The van der Waals surface area contributed by atoms with E-state index in [-0.39, 0.29) is 0 Å². The van der Waals surface area contributed by atoms with Gasteiger partial charge in [0.2, 0.25) is 0 Å². The Morgan fingerprint density at radius 1 is 1.00 bits per heavy atom. The zero-order valence-electron chi connectivity index (χ0n) is 11.2. The molecule has 0 saturated carbocycles. The summed E-state index contributed by atoms with van der Waals surface area (Å²) in [6.07, 6.45) is 0. The summed E-state index contributed by atoms with van der Waals surface area (Å²) in [5.41, 5.74) is 3.59. The summed E-state index contributed by atoms with van der Waals surface area (Å²) >= 11 is 0. The molecular weight excluding hydrogens is 222 g/mol. The van der Waals surface area contributed by atoms with E-state index in [1.165, 1.54) is 16.8 Å². The van der Waals surface area contributed by atoms with E-state index in [0.717, 1.165) is 5.75 Å². The number of benzene rings is 2. The van der Waals surface area contributed by atoms with Crippen molar-refractivity contribution in [3.63, 3.8) is 0 Å². The van der Waals surface area contributed by atoms with Crippen molar-refractivity contribution in [1.29, 1.82) is 0 Å². The van der Waals surface area contributed by atoms with Gasteiger partial charge in [0.15, 0.2) is 0 Å². The Labute approximate surface area is 109 Å². The zero-order valence-corrected chi connectivity index (χ0v) is 11.2. The van der Waals surface area contributed by atoms with Crippen LogP contribution in [-0.2, 0) is 6.61 Å². The summed E-state index contributed by atoms with van der Waals surface area (Å²) in [5, 5.41) is 0. The molecule has 0 aromatic heterocycles. The maximum atomic E-state index is 5.79. The van der Waals surface area contributed by atoms with Gasteiger partial charge in [-0.15, -0.1) is 0 Å². The normalized spacial score (nSPS) is 10.2. The molecule has 0 aliphatic heterocycles. The van der Waals surface area contributed by atoms with Gasteiger partial charge in [0, 0.05) is 19.8 Å². The molecule has 0 fully saturated rings. The number of aryl methyl sites for hydroxylation is 1. The first-order valence-corrected chi connectivity index (χ1v) is 6.11. The quantitative estimate of drug-likeness (QED) is 0.810. The van der Waals surface area contributed by atoms with Crippen LogP contribution in [0.5, 0.6) is 5.75 Å². The Morgan fingerprint density at radius 2 is 1.78 bits per heavy atom. The van der Waals surface area contributed by atoms with Crippen molar-refractivity contribution in [2.45, 2.75) is 13.5 Å². The fourth-order valence-electron chi connectivity index (χ4n) is 1.80. The van der Waals surface area contributed by atoms with E-state index in [1.54, 1.807) is 0 Å². The lowest BCUT2D eigenvalue weighted by atomic mass is 10.2. The molecule has 0 unspecified atom stereocenters. The molecule has 0 atom stereocenters. The van der Waals surface area contributed by atoms with Crippen LogP contribution in [-0.4, -0.2) is 14.1 Å². The standard InChI is InChI=1S/C16H19NO/c1-13-6-4-9-16(10-13)18-12-14-7-5-8-15(11-14)17(2)3/h4-11H,12H2,1-3H3. The minimum atomic E-state index is 0.602. The molecule has 0 N–H and O–H groups in total. The van der Waals surface area contributed by atoms with Crippen molar-refractivity contribution in [3.05, 3.63) is 59.7 Å². The predicted molar refractivity (Wildman–Crippen MR) is 76.3 cm³/mol. The van der Waals surface area contributed by atoms with E-state index in [0.29, 0.717) is 6.61 Å². The first-order chi connectivity index (χ1) is 8.65. The lowest BCUT2D eigenvalue weighted by Gasteiger charge is -2.14. The Bertz CT molecular complexity index is 520. The van der Waals surface area contributed by atoms with Crippen molar-refractivity contribution < 1.29 is 4.74 Å². The van der Waals surface area contributed by atoms with Gasteiger partial charge in [-0.1, -0.05) is 24.3 Å². The van der Waals surface area contributed by atoms with Crippen LogP contribution >= 0.6 is 0 Å². The van der Waals surface area contributed by atoms with E-state index >= 15 is 0 Å². The SMILES string of the molecule is Cc1cccc(OCc2cccc(N(C)C)c2)c1. The number of ether oxygens (including phenoxy) is 1. The lowest BCUT2D eigenvalue weighted by molar-refractivity contribution is 0.306. The average molecular weight is 241 g/mol. The van der Waals surface area contributed by atoms with Gasteiger partial charge in [0.1, 0.15) is 12.4 Å². The molecule has 0 spiro atoms. The first-order valence-electron chi connectivity index (χ1n) is 6.11. The van der Waals surface area contributed by atoms with Gasteiger partial charge in [-0.3, -0.25) is 0 Å². The molecule has 0 amide bonds. The number of nitrogens with zero attached hydrogens (tertiary/aromatic N) is 1. The summed E-state index contributed by atoms with van der Waals surface area (Å²) in [5.74, 6) is 0.922. The molecule has 0 aliphatic rings. The minimum Gasteiger partial charge on any atom is -0.489 e. The molecule has 0 heterocycles. The molecule has 0 bridgehead atoms. The third kappa shape index (κ3) is 3.27. The number of hydrogen-bond acceptors (Lipinski definition) is 2. The summed E-state index contributed by atoms with van der Waals surface area (Å²) in [6, 6.07) is 16.5. The minimum absolute atomic E-state index is 0.602. The lowest BCUT2D eigenvalue weighted by Crippen LogP contribution is -2.09. The highest BCUT2D eigenvalue weighted by Gasteiger charge is 1.99. The second-order valence-electron chi connectivity index (χ2n) is 4.67. The molecule has 2 rings (SSSR count). The molecule has 0 aliphatic carbocycles. The van der Waals surface area contributed by atoms with Crippen molar-refractivity contribution in [3.8, 4) is 5.75 Å². The van der Waals surface area contributed by atoms with Gasteiger partial charge in [-0.25, -0.2) is 0 Å². The van der Waals surface area contributed by atoms with Crippen molar-refractivity contribution in [1.82, 2.24) is 0 Å². The first kappa shape index (κ1) is 12.5. The summed E-state index contributed by atoms with van der Waals surface area (Å²) in [4.78, 5) is 2.09. The van der Waals surface area contributed by atoms with Crippen LogP contribution in [0.25, 0.3) is 0 Å². The number of hydrogen-bond donors (Lipinski definition) is 0. The number of anilines is 1. The third-order valence-electron chi connectivity index (χ3n) is 2.82. The van der Waals surface area contributed by atoms with Crippen LogP contribution in [0.3, 0.4) is 0 Å².